The van der Waals surface area contributed by atoms with Crippen molar-refractivity contribution >= 4 is 21.7 Å². The molecule has 4 rings (SSSR count). The van der Waals surface area contributed by atoms with Gasteiger partial charge in [0.05, 0.1) is 18.4 Å². The molecule has 1 fully saturated rings. The smallest absolute Gasteiger partial charge is 0.251 e. The molecule has 0 radical (unpaired) electrons. The highest BCUT2D eigenvalue weighted by Gasteiger charge is 2.33. The van der Waals surface area contributed by atoms with Crippen LogP contribution in [0.3, 0.4) is 0 Å². The molecule has 3 N–H and O–H groups in total. The van der Waals surface area contributed by atoms with Crippen LogP contribution in [0.15, 0.2) is 42.6 Å². The average molecular weight is 460 g/mol. The van der Waals surface area contributed by atoms with Crippen LogP contribution in [0.1, 0.15) is 21.5 Å². The lowest BCUT2D eigenvalue weighted by molar-refractivity contribution is 0.0842. The summed E-state index contributed by atoms with van der Waals surface area (Å²) in [5.74, 6) is 0.230. The summed E-state index contributed by atoms with van der Waals surface area (Å²) in [5, 5.41) is 16.3. The van der Waals surface area contributed by atoms with Gasteiger partial charge in [0.1, 0.15) is 5.82 Å². The number of rotatable bonds is 8. The minimum atomic E-state index is -3.17. The second kappa shape index (κ2) is 9.53. The Bertz CT molecular complexity index is 1070. The van der Waals surface area contributed by atoms with Crippen molar-refractivity contribution in [3.8, 4) is 0 Å². The van der Waals surface area contributed by atoms with E-state index >= 15 is 0 Å². The highest BCUT2D eigenvalue weighted by Crippen LogP contribution is 2.19. The van der Waals surface area contributed by atoms with Gasteiger partial charge in [-0.3, -0.25) is 9.69 Å². The molecule has 2 aromatic rings. The fourth-order valence-corrected chi connectivity index (χ4v) is 4.95. The summed E-state index contributed by atoms with van der Waals surface area (Å²) in [6.07, 6.45) is 3.02. The Labute approximate surface area is 188 Å². The number of fused-ring (bicyclic) bond motifs is 1. The molecule has 1 aromatic heterocycles. The largest absolute Gasteiger partial charge is 0.390 e. The normalized spacial score (nSPS) is 18.4. The number of hydrogen-bond donors (Lipinski definition) is 3. The predicted molar refractivity (Wildman–Crippen MR) is 122 cm³/mol. The number of aliphatic hydroxyl groups excluding tert-OH is 1. The lowest BCUT2D eigenvalue weighted by atomic mass is 10.00. The van der Waals surface area contributed by atoms with Gasteiger partial charge >= 0.3 is 0 Å². The minimum Gasteiger partial charge on any atom is -0.390 e. The molecule has 0 saturated carbocycles. The zero-order chi connectivity index (χ0) is 22.7. The van der Waals surface area contributed by atoms with E-state index in [1.807, 2.05) is 6.07 Å². The molecule has 2 aliphatic rings. The number of aromatic nitrogens is 1. The summed E-state index contributed by atoms with van der Waals surface area (Å²) in [5.41, 5.74) is 3.08. The van der Waals surface area contributed by atoms with Crippen LogP contribution in [0.25, 0.3) is 0 Å². The number of aliphatic hydroxyl groups is 1. The molecule has 9 nitrogen and oxygen atoms in total. The van der Waals surface area contributed by atoms with Gasteiger partial charge in [-0.05, 0) is 29.7 Å². The van der Waals surface area contributed by atoms with Crippen LogP contribution >= 0.6 is 0 Å². The molecule has 10 heteroatoms. The van der Waals surface area contributed by atoms with Crippen molar-refractivity contribution in [1.29, 1.82) is 0 Å². The number of anilines is 1. The Morgan fingerprint density at radius 2 is 2.00 bits per heavy atom. The number of sulfonamides is 1. The predicted octanol–water partition coefficient (Wildman–Crippen LogP) is 0.286. The van der Waals surface area contributed by atoms with Crippen LogP contribution in [0.4, 0.5) is 5.82 Å². The van der Waals surface area contributed by atoms with E-state index in [0.29, 0.717) is 31.0 Å². The number of nitrogens with zero attached hydrogens (tertiary/aromatic N) is 3. The molecule has 2 aliphatic heterocycles. The SMILES string of the molecule is CS(=O)(=O)N1CC(Nc2cc(C(=O)NC[C@H](O)CN3CCc4ccccc4C3)ccn2)C1. The lowest BCUT2D eigenvalue weighted by Crippen LogP contribution is -2.56. The fourth-order valence-electron chi connectivity index (χ4n) is 4.05. The number of β-amino-alcohol motifs (C(OH)–C–C–N with tert-alkyl or cyclic N) is 1. The highest BCUT2D eigenvalue weighted by atomic mass is 32.2. The first-order valence-electron chi connectivity index (χ1n) is 10.7. The van der Waals surface area contributed by atoms with Gasteiger partial charge in [0.15, 0.2) is 0 Å². The van der Waals surface area contributed by atoms with Gasteiger partial charge in [-0.2, -0.15) is 4.31 Å². The van der Waals surface area contributed by atoms with Crippen molar-refractivity contribution in [2.75, 3.05) is 44.3 Å². The molecule has 1 atom stereocenters. The maximum atomic E-state index is 12.5. The number of hydrogen-bond acceptors (Lipinski definition) is 7. The molecule has 1 aromatic carbocycles. The van der Waals surface area contributed by atoms with Gasteiger partial charge in [-0.15, -0.1) is 0 Å². The van der Waals surface area contributed by atoms with E-state index in [-0.39, 0.29) is 18.5 Å². The third kappa shape index (κ3) is 5.63. The molecule has 172 valence electrons. The Morgan fingerprint density at radius 3 is 2.75 bits per heavy atom. The third-order valence-electron chi connectivity index (χ3n) is 5.87. The monoisotopic (exact) mass is 459 g/mol. The van der Waals surface area contributed by atoms with E-state index in [0.717, 1.165) is 19.5 Å². The van der Waals surface area contributed by atoms with Crippen LogP contribution < -0.4 is 10.6 Å². The van der Waals surface area contributed by atoms with Crippen molar-refractivity contribution in [2.45, 2.75) is 25.1 Å². The molecule has 3 heterocycles. The summed E-state index contributed by atoms with van der Waals surface area (Å²) < 4.78 is 24.3. The fraction of sp³-hybridized carbons (Fsp3) is 0.455. The Hall–Kier alpha value is -2.53. The van der Waals surface area contributed by atoms with Gasteiger partial charge in [0.2, 0.25) is 10.0 Å². The average Bonchev–Trinajstić information content (AvgIpc) is 2.73. The Morgan fingerprint density at radius 1 is 1.25 bits per heavy atom. The summed E-state index contributed by atoms with van der Waals surface area (Å²) in [6, 6.07) is 11.6. The number of benzene rings is 1. The van der Waals surface area contributed by atoms with Gasteiger partial charge in [-0.25, -0.2) is 13.4 Å². The van der Waals surface area contributed by atoms with Crippen LogP contribution in [-0.4, -0.2) is 84.7 Å². The summed E-state index contributed by atoms with van der Waals surface area (Å²) in [6.45, 7) is 3.11. The van der Waals surface area contributed by atoms with Gasteiger partial charge < -0.3 is 15.7 Å². The van der Waals surface area contributed by atoms with Crippen LogP contribution in [-0.2, 0) is 23.0 Å². The van der Waals surface area contributed by atoms with E-state index in [9.17, 15) is 18.3 Å². The first-order valence-corrected chi connectivity index (χ1v) is 12.6. The molecular weight excluding hydrogens is 430 g/mol. The molecule has 0 aliphatic carbocycles. The van der Waals surface area contributed by atoms with Gasteiger partial charge in [0, 0.05) is 51.0 Å². The molecule has 32 heavy (non-hydrogen) atoms. The molecule has 0 spiro atoms. The summed E-state index contributed by atoms with van der Waals surface area (Å²) >= 11 is 0. The molecule has 1 saturated heterocycles. The molecule has 0 bridgehead atoms. The maximum absolute atomic E-state index is 12.5. The van der Waals surface area contributed by atoms with E-state index in [2.05, 4.69) is 38.7 Å². The van der Waals surface area contributed by atoms with Crippen LogP contribution in [0.2, 0.25) is 0 Å². The van der Waals surface area contributed by atoms with E-state index in [1.54, 1.807) is 12.1 Å². The van der Waals surface area contributed by atoms with E-state index < -0.39 is 16.1 Å². The number of amides is 1. The molecule has 0 unspecified atom stereocenters. The van der Waals surface area contributed by atoms with Crippen LogP contribution in [0.5, 0.6) is 0 Å². The van der Waals surface area contributed by atoms with Gasteiger partial charge in [0.25, 0.3) is 5.91 Å². The maximum Gasteiger partial charge on any atom is 0.251 e. The van der Waals surface area contributed by atoms with Crippen molar-refractivity contribution in [3.63, 3.8) is 0 Å². The summed E-state index contributed by atoms with van der Waals surface area (Å²) in [4.78, 5) is 18.9. The van der Waals surface area contributed by atoms with E-state index in [4.69, 9.17) is 0 Å². The first-order chi connectivity index (χ1) is 15.3. The summed E-state index contributed by atoms with van der Waals surface area (Å²) in [7, 11) is -3.17. The Kier molecular flexibility index (Phi) is 6.75. The highest BCUT2D eigenvalue weighted by molar-refractivity contribution is 7.88. The Balaban J connectivity index is 1.23. The van der Waals surface area contributed by atoms with Crippen molar-refractivity contribution in [3.05, 3.63) is 59.3 Å². The lowest BCUT2D eigenvalue weighted by Gasteiger charge is -2.37. The van der Waals surface area contributed by atoms with Crippen molar-refractivity contribution in [1.82, 2.24) is 19.5 Å². The number of carbonyl (C=O) groups is 1. The number of nitrogens with one attached hydrogen (secondary N) is 2. The quantitative estimate of drug-likeness (QED) is 0.520. The topological polar surface area (TPSA) is 115 Å². The van der Waals surface area contributed by atoms with E-state index in [1.165, 1.54) is 27.9 Å². The third-order valence-corrected chi connectivity index (χ3v) is 7.10. The van der Waals surface area contributed by atoms with Crippen LogP contribution in [0, 0.1) is 0 Å². The number of carbonyl (C=O) groups excluding carboxylic acids is 1. The molecular formula is C22H29N5O4S. The van der Waals surface area contributed by atoms with Gasteiger partial charge in [-0.1, -0.05) is 24.3 Å². The first kappa shape index (κ1) is 22.7. The molecule has 1 amide bonds. The second-order valence-corrected chi connectivity index (χ2v) is 10.5. The van der Waals surface area contributed by atoms with Crippen molar-refractivity contribution in [2.24, 2.45) is 0 Å². The zero-order valence-electron chi connectivity index (χ0n) is 18.1. The number of pyridine rings is 1. The standard InChI is InChI=1S/C22H29N5O4S/c1-32(30,31)27-13-19(14-27)25-21-10-17(6-8-23-21)22(29)24-11-20(28)15-26-9-7-16-4-2-3-5-18(16)12-26/h2-6,8,10,19-20,28H,7,9,11-15H2,1H3,(H,23,25)(H,24,29)/t20-/m0/s1. The minimum absolute atomic E-state index is 0.0352. The second-order valence-electron chi connectivity index (χ2n) is 8.47. The zero-order valence-corrected chi connectivity index (χ0v) is 18.9. The van der Waals surface area contributed by atoms with Crippen molar-refractivity contribution < 1.29 is 18.3 Å².